The van der Waals surface area contributed by atoms with Crippen LogP contribution in [-0.4, -0.2) is 23.3 Å². The van der Waals surface area contributed by atoms with E-state index < -0.39 is 29.7 Å². The molecule has 0 saturated carbocycles. The Hall–Kier alpha value is -0.530. The van der Waals surface area contributed by atoms with E-state index in [0.717, 1.165) is 0 Å². The van der Waals surface area contributed by atoms with Crippen molar-refractivity contribution in [3.8, 4) is 0 Å². The van der Waals surface area contributed by atoms with E-state index in [1.165, 1.54) is 0 Å². The minimum Gasteiger partial charge on any atom is -0.281 e. The monoisotopic (exact) mass is 246 g/mol. The second-order valence-corrected chi connectivity index (χ2v) is 2.73. The molecule has 1 nitrogen and oxygen atoms in total. The van der Waals surface area contributed by atoms with Crippen LogP contribution in [0.2, 0.25) is 0 Å². The van der Waals surface area contributed by atoms with Gasteiger partial charge in [0.2, 0.25) is 5.24 Å². The summed E-state index contributed by atoms with van der Waals surface area (Å²) in [6.07, 6.45) is -8.80. The lowest BCUT2D eigenvalue weighted by atomic mass is 10.1. The Morgan fingerprint density at radius 3 is 1.57 bits per heavy atom. The van der Waals surface area contributed by atoms with E-state index in [1.807, 2.05) is 0 Å². The van der Waals surface area contributed by atoms with E-state index in [9.17, 15) is 35.5 Å². The molecule has 0 bridgehead atoms. The zero-order chi connectivity index (χ0) is 11.8. The lowest BCUT2D eigenvalue weighted by Crippen LogP contribution is -2.52. The molecule has 0 spiro atoms. The first kappa shape index (κ1) is 13.5. The van der Waals surface area contributed by atoms with E-state index in [4.69, 9.17) is 0 Å². The van der Waals surface area contributed by atoms with Gasteiger partial charge in [0.1, 0.15) is 0 Å². The standard InChI is InChI=1S/C5H2ClF7O/c6-2(14)1-3(7,8)4(9,10)5(11,12)13/h1H2. The van der Waals surface area contributed by atoms with E-state index >= 15 is 0 Å². The topological polar surface area (TPSA) is 17.1 Å². The van der Waals surface area contributed by atoms with Gasteiger partial charge in [-0.25, -0.2) is 0 Å². The van der Waals surface area contributed by atoms with Gasteiger partial charge >= 0.3 is 18.0 Å². The molecule has 0 fully saturated rings. The summed E-state index contributed by atoms with van der Waals surface area (Å²) in [4.78, 5) is 9.82. The van der Waals surface area contributed by atoms with Gasteiger partial charge in [0.15, 0.2) is 0 Å². The lowest BCUT2D eigenvalue weighted by molar-refractivity contribution is -0.353. The predicted molar refractivity (Wildman–Crippen MR) is 31.4 cm³/mol. The Morgan fingerprint density at radius 1 is 1.00 bits per heavy atom. The molecule has 0 aliphatic rings. The van der Waals surface area contributed by atoms with Crippen LogP contribution in [0.4, 0.5) is 30.7 Å². The predicted octanol–water partition coefficient (Wildman–Crippen LogP) is 2.97. The summed E-state index contributed by atoms with van der Waals surface area (Å²) in [6.45, 7) is 0. The van der Waals surface area contributed by atoms with Crippen molar-refractivity contribution in [1.29, 1.82) is 0 Å². The van der Waals surface area contributed by atoms with Crippen molar-refractivity contribution in [1.82, 2.24) is 0 Å². The summed E-state index contributed by atoms with van der Waals surface area (Å²) >= 11 is 4.30. The van der Waals surface area contributed by atoms with E-state index in [0.29, 0.717) is 0 Å². The highest BCUT2D eigenvalue weighted by Crippen LogP contribution is 2.48. The van der Waals surface area contributed by atoms with Crippen molar-refractivity contribution in [2.45, 2.75) is 24.4 Å². The van der Waals surface area contributed by atoms with Crippen molar-refractivity contribution >= 4 is 16.8 Å². The van der Waals surface area contributed by atoms with E-state index in [-0.39, 0.29) is 0 Å². The molecule has 0 aromatic heterocycles. The van der Waals surface area contributed by atoms with Crippen molar-refractivity contribution in [2.75, 3.05) is 0 Å². The largest absolute Gasteiger partial charge is 0.459 e. The van der Waals surface area contributed by atoms with Crippen LogP contribution in [0.1, 0.15) is 6.42 Å². The maximum atomic E-state index is 12.2. The Morgan fingerprint density at radius 2 is 1.36 bits per heavy atom. The molecule has 0 heterocycles. The van der Waals surface area contributed by atoms with Gasteiger partial charge in [0.05, 0.1) is 6.42 Å². The fourth-order valence-corrected chi connectivity index (χ4v) is 0.661. The molecule has 0 aliphatic heterocycles. The number of alkyl halides is 7. The Labute approximate surface area is 77.8 Å². The Kier molecular flexibility index (Phi) is 3.42. The van der Waals surface area contributed by atoms with E-state index in [1.54, 1.807) is 0 Å². The third-order valence-corrected chi connectivity index (χ3v) is 1.31. The molecule has 0 aromatic rings. The van der Waals surface area contributed by atoms with Gasteiger partial charge in [-0.15, -0.1) is 0 Å². The number of carbonyl (C=O) groups is 1. The Bertz CT molecular complexity index is 233. The molecule has 0 saturated heterocycles. The quantitative estimate of drug-likeness (QED) is 0.553. The first-order valence-corrected chi connectivity index (χ1v) is 3.30. The second-order valence-electron chi connectivity index (χ2n) is 2.31. The number of halogens is 8. The minimum atomic E-state index is -6.43. The zero-order valence-corrected chi connectivity index (χ0v) is 6.89. The third kappa shape index (κ3) is 2.49. The van der Waals surface area contributed by atoms with Gasteiger partial charge in [0, 0.05) is 0 Å². The van der Waals surface area contributed by atoms with Gasteiger partial charge in [-0.1, -0.05) is 0 Å². The minimum absolute atomic E-state index is 1.97. The van der Waals surface area contributed by atoms with Crippen molar-refractivity contribution in [3.63, 3.8) is 0 Å². The molecule has 84 valence electrons. The van der Waals surface area contributed by atoms with Crippen molar-refractivity contribution < 1.29 is 35.5 Å². The molecule has 0 rings (SSSR count). The highest BCUT2D eigenvalue weighted by Gasteiger charge is 2.73. The molecule has 14 heavy (non-hydrogen) atoms. The fraction of sp³-hybridized carbons (Fsp3) is 0.800. The normalized spacial score (nSPS) is 14.3. The summed E-state index contributed by atoms with van der Waals surface area (Å²) in [5.41, 5.74) is 0. The molecule has 0 N–H and O–H groups in total. The summed E-state index contributed by atoms with van der Waals surface area (Å²) in [6, 6.07) is 0. The van der Waals surface area contributed by atoms with Gasteiger partial charge < -0.3 is 0 Å². The average molecular weight is 247 g/mol. The molecule has 0 amide bonds. The summed E-state index contributed by atoms with van der Waals surface area (Å²) in [7, 11) is 0. The highest BCUT2D eigenvalue weighted by molar-refractivity contribution is 6.63. The van der Waals surface area contributed by atoms with Crippen LogP contribution < -0.4 is 0 Å². The van der Waals surface area contributed by atoms with Crippen LogP contribution in [0.25, 0.3) is 0 Å². The highest BCUT2D eigenvalue weighted by atomic mass is 35.5. The Balaban J connectivity index is 4.97. The van der Waals surface area contributed by atoms with Crippen LogP contribution in [0.5, 0.6) is 0 Å². The van der Waals surface area contributed by atoms with Crippen LogP contribution in [0, 0.1) is 0 Å². The summed E-state index contributed by atoms with van der Waals surface area (Å²) in [5, 5.41) is -1.97. The summed E-state index contributed by atoms with van der Waals surface area (Å²) < 4.78 is 82.5. The third-order valence-electron chi connectivity index (χ3n) is 1.18. The smallest absolute Gasteiger partial charge is 0.281 e. The maximum absolute atomic E-state index is 12.2. The first-order valence-electron chi connectivity index (χ1n) is 2.92. The number of hydrogen-bond acceptors (Lipinski definition) is 1. The number of carbonyl (C=O) groups excluding carboxylic acids is 1. The lowest BCUT2D eigenvalue weighted by Gasteiger charge is -2.26. The first-order chi connectivity index (χ1) is 5.92. The fourth-order valence-electron chi connectivity index (χ4n) is 0.493. The maximum Gasteiger partial charge on any atom is 0.459 e. The van der Waals surface area contributed by atoms with Crippen LogP contribution in [-0.2, 0) is 4.79 Å². The molecule has 0 aliphatic carbocycles. The molecule has 0 atom stereocenters. The van der Waals surface area contributed by atoms with Crippen molar-refractivity contribution in [3.05, 3.63) is 0 Å². The molecule has 0 unspecified atom stereocenters. The SMILES string of the molecule is O=C(Cl)CC(F)(F)C(F)(F)C(F)(F)F. The van der Waals surface area contributed by atoms with Crippen molar-refractivity contribution in [2.24, 2.45) is 0 Å². The molecule has 9 heteroatoms. The molecular weight excluding hydrogens is 244 g/mol. The van der Waals surface area contributed by atoms with Gasteiger partial charge in [-0.3, -0.25) is 4.79 Å². The number of hydrogen-bond donors (Lipinski definition) is 0. The molecular formula is C5H2ClF7O. The second kappa shape index (κ2) is 3.56. The van der Waals surface area contributed by atoms with E-state index in [2.05, 4.69) is 11.6 Å². The van der Waals surface area contributed by atoms with Gasteiger partial charge in [-0.2, -0.15) is 30.7 Å². The molecule has 0 aromatic carbocycles. The van der Waals surface area contributed by atoms with Gasteiger partial charge in [-0.05, 0) is 11.6 Å². The van der Waals surface area contributed by atoms with Crippen LogP contribution in [0.15, 0.2) is 0 Å². The van der Waals surface area contributed by atoms with Crippen LogP contribution >= 0.6 is 11.6 Å². The average Bonchev–Trinajstić information content (AvgIpc) is 1.80. The summed E-state index contributed by atoms with van der Waals surface area (Å²) in [5.74, 6) is -11.8. The molecule has 0 radical (unpaired) electrons. The van der Waals surface area contributed by atoms with Crippen LogP contribution in [0.3, 0.4) is 0 Å². The van der Waals surface area contributed by atoms with Gasteiger partial charge in [0.25, 0.3) is 0 Å². The number of rotatable bonds is 3. The zero-order valence-electron chi connectivity index (χ0n) is 6.14.